The van der Waals surface area contributed by atoms with Gasteiger partial charge in [0.25, 0.3) is 0 Å². The second-order valence-corrected chi connectivity index (χ2v) is 12.8. The Balaban J connectivity index is 1.59. The highest BCUT2D eigenvalue weighted by molar-refractivity contribution is 6.31. The number of fused-ring (bicyclic) bond motifs is 8. The van der Waals surface area contributed by atoms with E-state index in [0.29, 0.717) is 6.42 Å². The number of methoxy groups -OCH3 is 1. The molecule has 2 aromatic rings. The predicted molar refractivity (Wildman–Crippen MR) is 154 cm³/mol. The normalized spacial score (nSPS) is 33.1. The third-order valence-corrected chi connectivity index (χ3v) is 9.61. The number of rotatable bonds is 5. The van der Waals surface area contributed by atoms with Crippen LogP contribution in [0.3, 0.4) is 0 Å². The van der Waals surface area contributed by atoms with Crippen LogP contribution in [0.2, 0.25) is 0 Å². The quantitative estimate of drug-likeness (QED) is 0.255. The number of esters is 1. The Bertz CT molecular complexity index is 1630. The number of benzene rings is 2. The van der Waals surface area contributed by atoms with Crippen LogP contribution < -0.4 is 4.74 Å². The molecule has 0 amide bonds. The number of carbonyl (C=O) groups is 3. The summed E-state index contributed by atoms with van der Waals surface area (Å²) in [5.41, 5.74) is -4.55. The van der Waals surface area contributed by atoms with E-state index in [4.69, 9.17) is 18.9 Å². The van der Waals surface area contributed by atoms with Crippen molar-refractivity contribution in [3.8, 4) is 17.2 Å². The Morgan fingerprint density at radius 1 is 1.09 bits per heavy atom. The number of ketones is 2. The number of hydrogen-bond acceptors (Lipinski definition) is 13. The first-order valence-electron chi connectivity index (χ1n) is 14.8. The first-order valence-corrected chi connectivity index (χ1v) is 14.8. The van der Waals surface area contributed by atoms with Gasteiger partial charge in [-0.1, -0.05) is 6.92 Å². The van der Waals surface area contributed by atoms with Crippen LogP contribution in [0.4, 0.5) is 0 Å². The molecule has 4 aliphatic rings. The lowest BCUT2D eigenvalue weighted by Gasteiger charge is -2.53. The second kappa shape index (κ2) is 10.5. The molecule has 0 radical (unpaired) electrons. The Morgan fingerprint density at radius 2 is 1.78 bits per heavy atom. The van der Waals surface area contributed by atoms with Gasteiger partial charge in [-0.15, -0.1) is 0 Å². The summed E-state index contributed by atoms with van der Waals surface area (Å²) in [6, 6.07) is 1.61. The molecule has 0 saturated carbocycles. The van der Waals surface area contributed by atoms with E-state index in [1.165, 1.54) is 26.0 Å². The van der Waals surface area contributed by atoms with E-state index in [0.717, 1.165) is 7.11 Å². The monoisotopic (exact) mass is 627 g/mol. The van der Waals surface area contributed by atoms with Crippen molar-refractivity contribution < 1.29 is 58.9 Å². The maximum absolute atomic E-state index is 14.4. The number of aromatic hydroxyl groups is 2. The molecular formula is C32H37NO12. The van der Waals surface area contributed by atoms with Gasteiger partial charge >= 0.3 is 5.97 Å². The van der Waals surface area contributed by atoms with Gasteiger partial charge in [0.15, 0.2) is 5.78 Å². The van der Waals surface area contributed by atoms with Crippen molar-refractivity contribution in [2.24, 2.45) is 0 Å². The van der Waals surface area contributed by atoms with Gasteiger partial charge in [0.05, 0.1) is 41.5 Å². The van der Waals surface area contributed by atoms with Crippen LogP contribution in [0.1, 0.15) is 94.2 Å². The summed E-state index contributed by atoms with van der Waals surface area (Å²) in [7, 11) is 4.47. The van der Waals surface area contributed by atoms with Crippen LogP contribution in [-0.4, -0.2) is 106 Å². The molecular weight excluding hydrogens is 590 g/mol. The number of carbonyl (C=O) groups excluding carboxylic acids is 3. The molecule has 1 saturated heterocycles. The molecule has 6 rings (SSSR count). The van der Waals surface area contributed by atoms with Crippen molar-refractivity contribution >= 4 is 17.5 Å². The predicted octanol–water partition coefficient (Wildman–Crippen LogP) is 1.37. The van der Waals surface area contributed by atoms with Gasteiger partial charge in [0.2, 0.25) is 12.1 Å². The van der Waals surface area contributed by atoms with Gasteiger partial charge in [0.1, 0.15) is 41.0 Å². The number of aliphatic hydroxyl groups excluding tert-OH is 2. The van der Waals surface area contributed by atoms with Crippen LogP contribution in [0, 0.1) is 0 Å². The van der Waals surface area contributed by atoms with Gasteiger partial charge in [-0.05, 0) is 52.1 Å². The minimum Gasteiger partial charge on any atom is -0.507 e. The third kappa shape index (κ3) is 4.25. The van der Waals surface area contributed by atoms with E-state index in [1.54, 1.807) is 19.0 Å². The topological polar surface area (TPSA) is 193 Å². The minimum atomic E-state index is -1.71. The van der Waals surface area contributed by atoms with Gasteiger partial charge in [-0.25, -0.2) is 0 Å². The van der Waals surface area contributed by atoms with Crippen molar-refractivity contribution in [3.63, 3.8) is 0 Å². The molecule has 0 spiro atoms. The van der Waals surface area contributed by atoms with Crippen molar-refractivity contribution in [1.29, 1.82) is 0 Å². The fraction of sp³-hybridized carbons (Fsp3) is 0.531. The van der Waals surface area contributed by atoms with E-state index in [1.807, 2.05) is 6.92 Å². The molecule has 1 fully saturated rings. The van der Waals surface area contributed by atoms with E-state index in [2.05, 4.69) is 0 Å². The number of hydrogen-bond donors (Lipinski definition) is 5. The highest BCUT2D eigenvalue weighted by Crippen LogP contribution is 2.56. The zero-order valence-corrected chi connectivity index (χ0v) is 25.8. The molecule has 2 heterocycles. The van der Waals surface area contributed by atoms with E-state index in [9.17, 15) is 39.9 Å². The van der Waals surface area contributed by atoms with Crippen LogP contribution in [0.25, 0.3) is 0 Å². The zero-order chi connectivity index (χ0) is 32.9. The van der Waals surface area contributed by atoms with Crippen LogP contribution >= 0.6 is 0 Å². The van der Waals surface area contributed by atoms with Crippen molar-refractivity contribution in [1.82, 2.24) is 4.90 Å². The van der Waals surface area contributed by atoms with Gasteiger partial charge in [0, 0.05) is 29.7 Å². The molecule has 8 atom stereocenters. The number of likely N-dealkylation sites (N-methyl/N-ethyl adjacent to an activating group) is 1. The number of aliphatic hydroxyl groups is 3. The molecule has 0 unspecified atom stereocenters. The van der Waals surface area contributed by atoms with Crippen molar-refractivity contribution in [2.75, 3.05) is 27.8 Å². The lowest BCUT2D eigenvalue weighted by molar-refractivity contribution is -0.311. The Hall–Kier alpha value is -3.59. The molecule has 45 heavy (non-hydrogen) atoms. The lowest BCUT2D eigenvalue weighted by Crippen LogP contribution is -2.68. The Labute approximate surface area is 258 Å². The highest BCUT2D eigenvalue weighted by Gasteiger charge is 2.59. The average molecular weight is 628 g/mol. The standard InChI is InChI=1S/C32H37NO12/c1-7-8-43-16-11-31(2,41)21(29(40)42-6)12-9-13-18(24(36)17(12)16)25(37)19-15(34)10-14-27(20(19)23(13)35)44-30-26(38)22(33(4)5)28(39)32(14,3)45-30/h9-10,16,21-22,26,28,30,34,36,38-39,41H,7-8,11H2,1-6H3/t16-,21-,22-,26-,28+,30+,31+,32+/m0/s1. The van der Waals surface area contributed by atoms with Crippen LogP contribution in [0.15, 0.2) is 12.1 Å². The second-order valence-electron chi connectivity index (χ2n) is 12.8. The first-order chi connectivity index (χ1) is 21.1. The maximum Gasteiger partial charge on any atom is 0.316 e. The Morgan fingerprint density at radius 3 is 2.40 bits per heavy atom. The third-order valence-electron chi connectivity index (χ3n) is 9.61. The SMILES string of the molecule is CCCO[C@H]1C[C@@](C)(O)[C@H](C(=O)OC)c2cc3c(c(O)c21)C(=O)c1c(O)cc2c(c1C3=O)O[C@@H]1O[C@@]2(C)[C@H](O)[C@@H](N(C)C)[C@@H]1O. The molecule has 2 aromatic carbocycles. The number of ether oxygens (including phenoxy) is 4. The molecule has 13 heteroatoms. The highest BCUT2D eigenvalue weighted by atomic mass is 16.7. The number of phenolic OH excluding ortho intramolecular Hbond substituents is 2. The smallest absolute Gasteiger partial charge is 0.316 e. The van der Waals surface area contributed by atoms with Crippen LogP contribution in [0.5, 0.6) is 17.2 Å². The van der Waals surface area contributed by atoms with E-state index < -0.39 is 87.9 Å². The van der Waals surface area contributed by atoms with E-state index >= 15 is 0 Å². The summed E-state index contributed by atoms with van der Waals surface area (Å²) in [5.74, 6) is -5.26. The van der Waals surface area contributed by atoms with Gasteiger partial charge in [-0.3, -0.25) is 14.4 Å². The summed E-state index contributed by atoms with van der Waals surface area (Å²) in [5, 5.41) is 56.7. The molecule has 2 bridgehead atoms. The molecule has 2 aliphatic heterocycles. The molecule has 2 aliphatic carbocycles. The fourth-order valence-corrected chi connectivity index (χ4v) is 7.44. The summed E-state index contributed by atoms with van der Waals surface area (Å²) in [6.45, 7) is 5.08. The molecule has 0 aromatic heterocycles. The summed E-state index contributed by atoms with van der Waals surface area (Å²) in [6.07, 6.45) is -4.50. The van der Waals surface area contributed by atoms with Gasteiger partial charge in [-0.2, -0.15) is 0 Å². The zero-order valence-electron chi connectivity index (χ0n) is 25.8. The van der Waals surface area contributed by atoms with E-state index in [-0.39, 0.29) is 46.6 Å². The Kier molecular flexibility index (Phi) is 7.31. The van der Waals surface area contributed by atoms with Gasteiger partial charge < -0.3 is 49.4 Å². The molecule has 242 valence electrons. The minimum absolute atomic E-state index is 0.0572. The van der Waals surface area contributed by atoms with Crippen LogP contribution in [-0.2, 0) is 24.6 Å². The van der Waals surface area contributed by atoms with Crippen molar-refractivity contribution in [2.45, 2.75) is 81.4 Å². The summed E-state index contributed by atoms with van der Waals surface area (Å²) < 4.78 is 22.9. The van der Waals surface area contributed by atoms with Crippen molar-refractivity contribution in [3.05, 3.63) is 51.1 Å². The largest absolute Gasteiger partial charge is 0.507 e. The fourth-order valence-electron chi connectivity index (χ4n) is 7.44. The summed E-state index contributed by atoms with van der Waals surface area (Å²) in [4.78, 5) is 43.2. The maximum atomic E-state index is 14.4. The molecule has 13 nitrogen and oxygen atoms in total. The number of phenols is 2. The lowest BCUT2D eigenvalue weighted by atomic mass is 9.68. The average Bonchev–Trinajstić information content (AvgIpc) is 2.96. The first kappa shape index (κ1) is 31.4. The summed E-state index contributed by atoms with van der Waals surface area (Å²) >= 11 is 0. The molecule has 5 N–H and O–H groups in total. The number of nitrogens with zero attached hydrogens (tertiary/aromatic N) is 1.